The molecule has 3 aromatic heterocycles. The Morgan fingerprint density at radius 1 is 1.38 bits per heavy atom. The molecule has 9 heteroatoms. The van der Waals surface area contributed by atoms with Gasteiger partial charge in [0.15, 0.2) is 5.16 Å². The van der Waals surface area contributed by atoms with Crippen LogP contribution in [0.1, 0.15) is 11.4 Å². The molecule has 0 bridgehead atoms. The summed E-state index contributed by atoms with van der Waals surface area (Å²) in [6, 6.07) is 1.77. The Balaban J connectivity index is 1.75. The Hall–Kier alpha value is -2.13. The van der Waals surface area contributed by atoms with Crippen LogP contribution in [0.15, 0.2) is 21.4 Å². The van der Waals surface area contributed by atoms with Crippen LogP contribution < -0.4 is 10.9 Å². The van der Waals surface area contributed by atoms with Gasteiger partial charge in [0.2, 0.25) is 5.91 Å². The Morgan fingerprint density at radius 2 is 2.12 bits per heavy atom. The second-order valence-electron chi connectivity index (χ2n) is 5.40. The van der Waals surface area contributed by atoms with Crippen LogP contribution in [0.5, 0.6) is 0 Å². The van der Waals surface area contributed by atoms with E-state index in [1.165, 1.54) is 27.7 Å². The van der Waals surface area contributed by atoms with Gasteiger partial charge in [0.25, 0.3) is 5.56 Å². The minimum Gasteiger partial charge on any atom is -0.322 e. The van der Waals surface area contributed by atoms with Gasteiger partial charge in [-0.2, -0.15) is 5.10 Å². The van der Waals surface area contributed by atoms with Crippen molar-refractivity contribution in [2.75, 3.05) is 11.1 Å². The predicted octanol–water partition coefficient (Wildman–Crippen LogP) is 2.08. The highest BCUT2D eigenvalue weighted by Gasteiger charge is 2.15. The average Bonchev–Trinajstić information content (AvgIpc) is 3.10. The minimum atomic E-state index is -0.153. The van der Waals surface area contributed by atoms with E-state index < -0.39 is 0 Å². The number of rotatable bonds is 4. The highest BCUT2D eigenvalue weighted by atomic mass is 32.2. The van der Waals surface area contributed by atoms with Crippen molar-refractivity contribution in [3.8, 4) is 0 Å². The van der Waals surface area contributed by atoms with Gasteiger partial charge in [0.05, 0.1) is 28.2 Å². The number of carbonyl (C=O) groups excluding carboxylic acids is 1. The molecule has 0 aliphatic carbocycles. The van der Waals surface area contributed by atoms with Gasteiger partial charge in [-0.05, 0) is 25.3 Å². The van der Waals surface area contributed by atoms with Gasteiger partial charge in [0, 0.05) is 14.1 Å². The first-order chi connectivity index (χ1) is 11.4. The van der Waals surface area contributed by atoms with E-state index in [0.29, 0.717) is 15.4 Å². The maximum absolute atomic E-state index is 12.2. The van der Waals surface area contributed by atoms with Gasteiger partial charge >= 0.3 is 0 Å². The zero-order chi connectivity index (χ0) is 17.4. The van der Waals surface area contributed by atoms with Crippen molar-refractivity contribution in [3.63, 3.8) is 0 Å². The van der Waals surface area contributed by atoms with Crippen molar-refractivity contribution < 1.29 is 4.79 Å². The second-order valence-corrected chi connectivity index (χ2v) is 7.24. The van der Waals surface area contributed by atoms with E-state index in [1.807, 2.05) is 26.3 Å². The van der Waals surface area contributed by atoms with Gasteiger partial charge in [0.1, 0.15) is 4.83 Å². The summed E-state index contributed by atoms with van der Waals surface area (Å²) in [6.45, 7) is 3.75. The number of thioether (sulfide) groups is 1. The SMILES string of the molecule is Cc1nn(C)c(C)c1NC(=O)CSc1nc2sccc2c(=O)n1C. The molecule has 0 atom stereocenters. The number of thiophene rings is 1. The summed E-state index contributed by atoms with van der Waals surface area (Å²) in [5, 5.41) is 10.1. The number of aryl methyl sites for hydroxylation is 2. The highest BCUT2D eigenvalue weighted by molar-refractivity contribution is 7.99. The highest BCUT2D eigenvalue weighted by Crippen LogP contribution is 2.22. The third-order valence-electron chi connectivity index (χ3n) is 3.77. The molecular weight excluding hydrogens is 346 g/mol. The zero-order valence-electron chi connectivity index (χ0n) is 13.8. The van der Waals surface area contributed by atoms with E-state index in [0.717, 1.165) is 17.1 Å². The van der Waals surface area contributed by atoms with Crippen LogP contribution in [0.25, 0.3) is 10.2 Å². The molecule has 126 valence electrons. The van der Waals surface area contributed by atoms with Gasteiger partial charge in [-0.15, -0.1) is 11.3 Å². The molecule has 0 fully saturated rings. The van der Waals surface area contributed by atoms with Crippen molar-refractivity contribution in [3.05, 3.63) is 33.2 Å². The van der Waals surface area contributed by atoms with Crippen LogP contribution in [0, 0.1) is 13.8 Å². The molecule has 3 aromatic rings. The molecule has 0 radical (unpaired) electrons. The number of amides is 1. The monoisotopic (exact) mass is 363 g/mol. The quantitative estimate of drug-likeness (QED) is 0.567. The first-order valence-corrected chi connectivity index (χ1v) is 9.12. The molecule has 0 spiro atoms. The van der Waals surface area contributed by atoms with Crippen LogP contribution in [0.4, 0.5) is 5.69 Å². The number of hydrogen-bond acceptors (Lipinski definition) is 6. The normalized spacial score (nSPS) is 11.2. The molecule has 1 amide bonds. The zero-order valence-corrected chi connectivity index (χ0v) is 15.4. The summed E-state index contributed by atoms with van der Waals surface area (Å²) in [5.74, 6) is 0.0185. The summed E-state index contributed by atoms with van der Waals surface area (Å²) in [6.07, 6.45) is 0. The fourth-order valence-corrected chi connectivity index (χ4v) is 3.95. The van der Waals surface area contributed by atoms with Crippen LogP contribution in [-0.2, 0) is 18.9 Å². The standard InChI is InChI=1S/C15H17N5O2S2/c1-8-12(9(2)20(4)18-8)16-11(21)7-24-15-17-13-10(5-6-23-13)14(22)19(15)3/h5-6H,7H2,1-4H3,(H,16,21). The fourth-order valence-electron chi connectivity index (χ4n) is 2.37. The lowest BCUT2D eigenvalue weighted by Crippen LogP contribution is -2.21. The molecule has 0 aromatic carbocycles. The number of nitrogens with zero attached hydrogens (tertiary/aromatic N) is 4. The Labute approximate surface area is 146 Å². The van der Waals surface area contributed by atoms with Gasteiger partial charge in [-0.1, -0.05) is 11.8 Å². The lowest BCUT2D eigenvalue weighted by molar-refractivity contribution is -0.113. The van der Waals surface area contributed by atoms with E-state index in [1.54, 1.807) is 17.8 Å². The fraction of sp³-hybridized carbons (Fsp3) is 0.333. The first kappa shape index (κ1) is 16.7. The number of nitrogens with one attached hydrogen (secondary N) is 1. The van der Waals surface area contributed by atoms with Gasteiger partial charge in [-0.3, -0.25) is 18.8 Å². The number of hydrogen-bond donors (Lipinski definition) is 1. The minimum absolute atomic E-state index is 0.0943. The molecule has 3 heterocycles. The van der Waals surface area contributed by atoms with E-state index in [9.17, 15) is 9.59 Å². The van der Waals surface area contributed by atoms with E-state index in [4.69, 9.17) is 0 Å². The average molecular weight is 363 g/mol. The number of carbonyl (C=O) groups is 1. The molecule has 3 rings (SSSR count). The first-order valence-electron chi connectivity index (χ1n) is 7.25. The van der Waals surface area contributed by atoms with Crippen molar-refractivity contribution in [2.45, 2.75) is 19.0 Å². The third-order valence-corrected chi connectivity index (χ3v) is 5.61. The molecular formula is C15H17N5O2S2. The molecule has 1 N–H and O–H groups in total. The maximum Gasteiger partial charge on any atom is 0.262 e. The Kier molecular flexibility index (Phi) is 4.46. The van der Waals surface area contributed by atoms with Gasteiger partial charge in [-0.25, -0.2) is 4.98 Å². The number of aromatic nitrogens is 4. The summed E-state index contributed by atoms with van der Waals surface area (Å²) in [4.78, 5) is 29.6. The molecule has 0 aliphatic heterocycles. The van der Waals surface area contributed by atoms with Crippen molar-refractivity contribution in [2.24, 2.45) is 14.1 Å². The summed E-state index contributed by atoms with van der Waals surface area (Å²) in [7, 11) is 3.50. The summed E-state index contributed by atoms with van der Waals surface area (Å²) in [5.41, 5.74) is 2.32. The molecule has 0 saturated heterocycles. The lowest BCUT2D eigenvalue weighted by Gasteiger charge is -2.08. The smallest absolute Gasteiger partial charge is 0.262 e. The van der Waals surface area contributed by atoms with Crippen molar-refractivity contribution in [1.82, 2.24) is 19.3 Å². The molecule has 0 saturated carbocycles. The predicted molar refractivity (Wildman–Crippen MR) is 96.9 cm³/mol. The summed E-state index contributed by atoms with van der Waals surface area (Å²) < 4.78 is 3.21. The van der Waals surface area contributed by atoms with E-state index in [2.05, 4.69) is 15.4 Å². The van der Waals surface area contributed by atoms with E-state index in [-0.39, 0.29) is 17.2 Å². The van der Waals surface area contributed by atoms with Crippen molar-refractivity contribution in [1.29, 1.82) is 0 Å². The van der Waals surface area contributed by atoms with Crippen LogP contribution in [0.3, 0.4) is 0 Å². The molecule has 24 heavy (non-hydrogen) atoms. The molecule has 7 nitrogen and oxygen atoms in total. The van der Waals surface area contributed by atoms with Crippen LogP contribution in [0.2, 0.25) is 0 Å². The summed E-state index contributed by atoms with van der Waals surface area (Å²) >= 11 is 2.66. The second kappa shape index (κ2) is 6.40. The molecule has 0 unspecified atom stereocenters. The maximum atomic E-state index is 12.2. The largest absolute Gasteiger partial charge is 0.322 e. The van der Waals surface area contributed by atoms with Crippen LogP contribution in [-0.4, -0.2) is 31.0 Å². The van der Waals surface area contributed by atoms with Gasteiger partial charge < -0.3 is 5.32 Å². The number of fused-ring (bicyclic) bond motifs is 1. The topological polar surface area (TPSA) is 81.8 Å². The Bertz CT molecular complexity index is 986. The van der Waals surface area contributed by atoms with Crippen molar-refractivity contribution >= 4 is 44.9 Å². The number of anilines is 1. The van der Waals surface area contributed by atoms with Crippen LogP contribution >= 0.6 is 23.1 Å². The van der Waals surface area contributed by atoms with E-state index >= 15 is 0 Å². The third kappa shape index (κ3) is 2.96. The Morgan fingerprint density at radius 3 is 2.79 bits per heavy atom. The lowest BCUT2D eigenvalue weighted by atomic mass is 10.3. The molecule has 0 aliphatic rings.